The van der Waals surface area contributed by atoms with E-state index in [1.165, 1.54) is 6.07 Å². The summed E-state index contributed by atoms with van der Waals surface area (Å²) in [5.41, 5.74) is 1.39. The van der Waals surface area contributed by atoms with Gasteiger partial charge in [0.2, 0.25) is 0 Å². The highest BCUT2D eigenvalue weighted by molar-refractivity contribution is 6.06. The molecule has 3 N–H and O–H groups in total. The van der Waals surface area contributed by atoms with Crippen molar-refractivity contribution < 1.29 is 32.6 Å². The fourth-order valence-corrected chi connectivity index (χ4v) is 4.63. The van der Waals surface area contributed by atoms with Crippen LogP contribution in [0.15, 0.2) is 66.7 Å². The summed E-state index contributed by atoms with van der Waals surface area (Å²) in [5.74, 6) is -2.44. The lowest BCUT2D eigenvalue weighted by atomic mass is 10.1. The SMILES string of the molecule is CC(C)(C)OC(=O)Nc1ccccc1NC(=O)c1ccc(CN(CCCN2CCOCC2)C(=O)Nc2ccc(F)c(F)c2)cc1. The molecule has 0 spiro atoms. The smallest absolute Gasteiger partial charge is 0.412 e. The molecule has 12 heteroatoms. The van der Waals surface area contributed by atoms with E-state index in [1.807, 2.05) is 0 Å². The van der Waals surface area contributed by atoms with Gasteiger partial charge in [0.05, 0.1) is 24.6 Å². The lowest BCUT2D eigenvalue weighted by Crippen LogP contribution is -2.40. The number of carbonyl (C=O) groups is 3. The van der Waals surface area contributed by atoms with Crippen LogP contribution in [-0.4, -0.2) is 72.8 Å². The number of ether oxygens (including phenoxy) is 2. The second kappa shape index (κ2) is 15.4. The van der Waals surface area contributed by atoms with Crippen LogP contribution in [0.25, 0.3) is 0 Å². The molecule has 3 aromatic rings. The molecule has 1 fully saturated rings. The Morgan fingerprint density at radius 3 is 2.20 bits per heavy atom. The van der Waals surface area contributed by atoms with Gasteiger partial charge in [-0.15, -0.1) is 0 Å². The average molecular weight is 624 g/mol. The topological polar surface area (TPSA) is 112 Å². The predicted octanol–water partition coefficient (Wildman–Crippen LogP) is 6.32. The summed E-state index contributed by atoms with van der Waals surface area (Å²) in [7, 11) is 0. The molecule has 0 aromatic heterocycles. The summed E-state index contributed by atoms with van der Waals surface area (Å²) >= 11 is 0. The summed E-state index contributed by atoms with van der Waals surface area (Å²) in [4.78, 5) is 42.4. The third kappa shape index (κ3) is 10.5. The second-order valence-corrected chi connectivity index (χ2v) is 11.6. The van der Waals surface area contributed by atoms with Crippen LogP contribution in [0.5, 0.6) is 0 Å². The van der Waals surface area contributed by atoms with Gasteiger partial charge in [-0.1, -0.05) is 24.3 Å². The minimum atomic E-state index is -1.05. The number of nitrogens with one attached hydrogen (secondary N) is 3. The Balaban J connectivity index is 1.41. The number of amides is 4. The Bertz CT molecular complexity index is 1470. The Morgan fingerprint density at radius 1 is 0.889 bits per heavy atom. The monoisotopic (exact) mass is 623 g/mol. The maximum Gasteiger partial charge on any atom is 0.412 e. The van der Waals surface area contributed by atoms with E-state index in [2.05, 4.69) is 20.9 Å². The highest BCUT2D eigenvalue weighted by atomic mass is 19.2. The van der Waals surface area contributed by atoms with Crippen LogP contribution >= 0.6 is 0 Å². The van der Waals surface area contributed by atoms with Crippen LogP contribution in [0.2, 0.25) is 0 Å². The number of benzene rings is 3. The molecule has 0 aliphatic carbocycles. The Kier molecular flexibility index (Phi) is 11.4. The third-order valence-electron chi connectivity index (χ3n) is 6.86. The van der Waals surface area contributed by atoms with E-state index in [0.717, 1.165) is 37.3 Å². The van der Waals surface area contributed by atoms with Crippen molar-refractivity contribution in [3.05, 3.63) is 89.5 Å². The van der Waals surface area contributed by atoms with Gasteiger partial charge in [0.1, 0.15) is 5.60 Å². The quantitative estimate of drug-likeness (QED) is 0.244. The molecular formula is C33H39F2N5O5. The number of anilines is 3. The summed E-state index contributed by atoms with van der Waals surface area (Å²) in [6.07, 6.45) is 0.0549. The highest BCUT2D eigenvalue weighted by Gasteiger charge is 2.19. The first-order chi connectivity index (χ1) is 21.5. The van der Waals surface area contributed by atoms with Gasteiger partial charge >= 0.3 is 12.1 Å². The van der Waals surface area contributed by atoms with Crippen molar-refractivity contribution in [2.45, 2.75) is 39.3 Å². The number of para-hydroxylation sites is 2. The van der Waals surface area contributed by atoms with E-state index in [-0.39, 0.29) is 12.2 Å². The van der Waals surface area contributed by atoms with E-state index in [9.17, 15) is 23.2 Å². The third-order valence-corrected chi connectivity index (χ3v) is 6.86. The van der Waals surface area contributed by atoms with E-state index in [0.29, 0.717) is 43.1 Å². The molecule has 1 heterocycles. The van der Waals surface area contributed by atoms with Gasteiger partial charge in [-0.25, -0.2) is 18.4 Å². The minimum Gasteiger partial charge on any atom is -0.444 e. The largest absolute Gasteiger partial charge is 0.444 e. The van der Waals surface area contributed by atoms with E-state index in [4.69, 9.17) is 9.47 Å². The predicted molar refractivity (Wildman–Crippen MR) is 168 cm³/mol. The maximum atomic E-state index is 13.8. The van der Waals surface area contributed by atoms with Crippen molar-refractivity contribution in [1.29, 1.82) is 0 Å². The number of rotatable bonds is 10. The van der Waals surface area contributed by atoms with Crippen LogP contribution in [0.3, 0.4) is 0 Å². The molecule has 10 nitrogen and oxygen atoms in total. The van der Waals surface area contributed by atoms with Gasteiger partial charge in [-0.2, -0.15) is 0 Å². The van der Waals surface area contributed by atoms with Crippen molar-refractivity contribution in [3.63, 3.8) is 0 Å². The molecule has 240 valence electrons. The minimum absolute atomic E-state index is 0.144. The lowest BCUT2D eigenvalue weighted by molar-refractivity contribution is 0.0365. The normalized spacial score (nSPS) is 13.5. The van der Waals surface area contributed by atoms with Gasteiger partial charge in [0, 0.05) is 50.0 Å². The first-order valence-corrected chi connectivity index (χ1v) is 14.8. The standard InChI is InChI=1S/C33H39F2N5O5/c1-33(2,3)45-32(43)38-29-8-5-4-7-28(29)37-30(41)24-11-9-23(10-12-24)22-40(16-6-15-39-17-19-44-20-18-39)31(42)36-25-13-14-26(34)27(35)21-25/h4-5,7-14,21H,6,15-20,22H2,1-3H3,(H,36,42)(H,37,41)(H,38,43). The van der Waals surface area contributed by atoms with Crippen molar-refractivity contribution in [2.75, 3.05) is 55.3 Å². The van der Waals surface area contributed by atoms with Crippen molar-refractivity contribution in [2.24, 2.45) is 0 Å². The number of hydrogen-bond donors (Lipinski definition) is 3. The second-order valence-electron chi connectivity index (χ2n) is 11.6. The van der Waals surface area contributed by atoms with Crippen LogP contribution in [0, 0.1) is 11.6 Å². The zero-order valence-electron chi connectivity index (χ0n) is 25.7. The van der Waals surface area contributed by atoms with Gasteiger partial charge in [0.25, 0.3) is 5.91 Å². The van der Waals surface area contributed by atoms with Crippen LogP contribution < -0.4 is 16.0 Å². The number of carbonyl (C=O) groups excluding carboxylic acids is 3. The molecule has 1 saturated heterocycles. The van der Waals surface area contributed by atoms with Crippen molar-refractivity contribution in [1.82, 2.24) is 9.80 Å². The summed E-state index contributed by atoms with van der Waals surface area (Å²) in [6.45, 7) is 9.69. The molecule has 0 atom stereocenters. The molecule has 4 rings (SSSR count). The highest BCUT2D eigenvalue weighted by Crippen LogP contribution is 2.23. The molecule has 3 aromatic carbocycles. The van der Waals surface area contributed by atoms with Gasteiger partial charge in [0.15, 0.2) is 11.6 Å². The van der Waals surface area contributed by atoms with E-state index >= 15 is 0 Å². The number of nitrogens with zero attached hydrogens (tertiary/aromatic N) is 2. The molecule has 1 aliphatic heterocycles. The van der Waals surface area contributed by atoms with E-state index < -0.39 is 35.3 Å². The Hall–Kier alpha value is -4.55. The van der Waals surface area contributed by atoms with Crippen LogP contribution in [-0.2, 0) is 16.0 Å². The van der Waals surface area contributed by atoms with Gasteiger partial charge < -0.3 is 25.0 Å². The van der Waals surface area contributed by atoms with Gasteiger partial charge in [-0.05, 0) is 69.2 Å². The van der Waals surface area contributed by atoms with Crippen LogP contribution in [0.1, 0.15) is 43.1 Å². The molecular weight excluding hydrogens is 584 g/mol. The molecule has 0 bridgehead atoms. The summed E-state index contributed by atoms with van der Waals surface area (Å²) in [5, 5.41) is 8.12. The maximum absolute atomic E-state index is 13.8. The van der Waals surface area contributed by atoms with Crippen molar-refractivity contribution in [3.8, 4) is 0 Å². The molecule has 4 amide bonds. The molecule has 45 heavy (non-hydrogen) atoms. The summed E-state index contributed by atoms with van der Waals surface area (Å²) in [6, 6.07) is 16.3. The number of urea groups is 1. The molecule has 1 aliphatic rings. The Morgan fingerprint density at radius 2 is 1.56 bits per heavy atom. The summed E-state index contributed by atoms with van der Waals surface area (Å²) < 4.78 is 37.9. The number of hydrogen-bond acceptors (Lipinski definition) is 6. The van der Waals surface area contributed by atoms with Crippen LogP contribution in [0.4, 0.5) is 35.4 Å². The van der Waals surface area contributed by atoms with E-state index in [1.54, 1.807) is 74.2 Å². The Labute approximate surface area is 261 Å². The molecule has 0 unspecified atom stereocenters. The molecule has 0 saturated carbocycles. The number of halogens is 2. The lowest BCUT2D eigenvalue weighted by Gasteiger charge is -2.28. The first-order valence-electron chi connectivity index (χ1n) is 14.8. The fourth-order valence-electron chi connectivity index (χ4n) is 4.63. The number of morpholine rings is 1. The van der Waals surface area contributed by atoms with Gasteiger partial charge in [-0.3, -0.25) is 15.0 Å². The first kappa shape index (κ1) is 33.3. The zero-order chi connectivity index (χ0) is 32.4. The molecule has 0 radical (unpaired) electrons. The van der Waals surface area contributed by atoms with Crippen molar-refractivity contribution >= 4 is 35.1 Å². The fraction of sp³-hybridized carbons (Fsp3) is 0.364. The zero-order valence-corrected chi connectivity index (χ0v) is 25.7. The average Bonchev–Trinajstić information content (AvgIpc) is 2.99.